The minimum Gasteiger partial charge on any atom is -0.479 e. The zero-order valence-corrected chi connectivity index (χ0v) is 12.1. The number of likely N-dealkylation sites (tertiary alicyclic amines) is 1. The van der Waals surface area contributed by atoms with Crippen LogP contribution in [0.4, 0.5) is 4.79 Å². The van der Waals surface area contributed by atoms with E-state index in [4.69, 9.17) is 11.6 Å². The molecule has 1 aromatic rings. The Hall–Kier alpha value is -1.79. The normalized spacial score (nSPS) is 19.9. The van der Waals surface area contributed by atoms with Gasteiger partial charge in [0, 0.05) is 23.7 Å². The number of carboxylic acid groups (broad SMARTS) is 1. The van der Waals surface area contributed by atoms with Crippen molar-refractivity contribution in [2.24, 2.45) is 0 Å². The van der Waals surface area contributed by atoms with Gasteiger partial charge in [0.05, 0.1) is 6.10 Å². The summed E-state index contributed by atoms with van der Waals surface area (Å²) in [6.45, 7) is 0.707. The molecular formula is C14H17ClN2O4. The number of piperidine rings is 1. The van der Waals surface area contributed by atoms with E-state index in [9.17, 15) is 19.8 Å². The van der Waals surface area contributed by atoms with Gasteiger partial charge in [-0.15, -0.1) is 0 Å². The highest BCUT2D eigenvalue weighted by Gasteiger charge is 2.28. The van der Waals surface area contributed by atoms with Crippen molar-refractivity contribution < 1.29 is 19.8 Å². The van der Waals surface area contributed by atoms with Crippen molar-refractivity contribution in [3.63, 3.8) is 0 Å². The highest BCUT2D eigenvalue weighted by Crippen LogP contribution is 2.23. The molecule has 3 N–H and O–H groups in total. The van der Waals surface area contributed by atoms with Crippen molar-refractivity contribution in [3.8, 4) is 0 Å². The number of halogens is 1. The van der Waals surface area contributed by atoms with Crippen LogP contribution in [-0.4, -0.2) is 46.3 Å². The molecule has 1 fully saturated rings. The Morgan fingerprint density at radius 1 is 1.38 bits per heavy atom. The van der Waals surface area contributed by atoms with Crippen LogP contribution in [-0.2, 0) is 4.79 Å². The molecule has 0 bridgehead atoms. The Morgan fingerprint density at radius 3 is 2.71 bits per heavy atom. The van der Waals surface area contributed by atoms with Gasteiger partial charge >= 0.3 is 12.0 Å². The average Bonchev–Trinajstić information content (AvgIpc) is 2.45. The lowest BCUT2D eigenvalue weighted by atomic mass is 10.1. The molecule has 2 atom stereocenters. The molecule has 0 radical (unpaired) electrons. The Morgan fingerprint density at radius 2 is 2.10 bits per heavy atom. The molecule has 0 aliphatic carbocycles. The number of hydrogen-bond donors (Lipinski definition) is 3. The fourth-order valence-electron chi connectivity index (χ4n) is 2.34. The molecule has 21 heavy (non-hydrogen) atoms. The molecule has 1 saturated heterocycles. The van der Waals surface area contributed by atoms with Gasteiger partial charge in [0.25, 0.3) is 0 Å². The zero-order valence-electron chi connectivity index (χ0n) is 11.3. The van der Waals surface area contributed by atoms with Crippen LogP contribution in [0.5, 0.6) is 0 Å². The molecule has 0 aromatic heterocycles. The van der Waals surface area contributed by atoms with Gasteiger partial charge in [0.2, 0.25) is 0 Å². The van der Waals surface area contributed by atoms with E-state index in [0.29, 0.717) is 24.9 Å². The highest BCUT2D eigenvalue weighted by molar-refractivity contribution is 6.31. The van der Waals surface area contributed by atoms with E-state index in [1.165, 1.54) is 4.90 Å². The van der Waals surface area contributed by atoms with E-state index in [0.717, 1.165) is 0 Å². The van der Waals surface area contributed by atoms with Crippen molar-refractivity contribution >= 4 is 23.6 Å². The van der Waals surface area contributed by atoms with Crippen LogP contribution in [0.1, 0.15) is 24.4 Å². The lowest BCUT2D eigenvalue weighted by molar-refractivity contribution is -0.139. The monoisotopic (exact) mass is 312 g/mol. The number of hydrogen-bond acceptors (Lipinski definition) is 3. The zero-order chi connectivity index (χ0) is 15.4. The van der Waals surface area contributed by atoms with Crippen LogP contribution in [0.15, 0.2) is 24.3 Å². The van der Waals surface area contributed by atoms with Crippen LogP contribution in [0.3, 0.4) is 0 Å². The SMILES string of the molecule is O=C(O)[C@H](NC(=O)N1CCCC(O)C1)c1ccccc1Cl. The van der Waals surface area contributed by atoms with Crippen LogP contribution in [0, 0.1) is 0 Å². The molecule has 2 amide bonds. The third-order valence-corrected chi connectivity index (χ3v) is 3.76. The van der Waals surface area contributed by atoms with Crippen LogP contribution < -0.4 is 5.32 Å². The van der Waals surface area contributed by atoms with Gasteiger partial charge in [-0.25, -0.2) is 9.59 Å². The van der Waals surface area contributed by atoms with Crippen molar-refractivity contribution in [2.75, 3.05) is 13.1 Å². The summed E-state index contributed by atoms with van der Waals surface area (Å²) in [6.07, 6.45) is 0.780. The smallest absolute Gasteiger partial charge is 0.331 e. The molecule has 6 nitrogen and oxygen atoms in total. The molecule has 1 aromatic carbocycles. The van der Waals surface area contributed by atoms with Gasteiger partial charge in [0.15, 0.2) is 6.04 Å². The Labute approximate surface area is 127 Å². The lowest BCUT2D eigenvalue weighted by Crippen LogP contribution is -2.49. The first kappa shape index (κ1) is 15.6. The summed E-state index contributed by atoms with van der Waals surface area (Å²) in [5.74, 6) is -1.19. The minimum atomic E-state index is -1.22. The number of benzene rings is 1. The molecular weight excluding hydrogens is 296 g/mol. The minimum absolute atomic E-state index is 0.209. The number of carbonyl (C=O) groups is 2. The first-order chi connectivity index (χ1) is 9.99. The molecule has 1 heterocycles. The van der Waals surface area contributed by atoms with E-state index >= 15 is 0 Å². The molecule has 0 spiro atoms. The second kappa shape index (κ2) is 6.78. The van der Waals surface area contributed by atoms with E-state index < -0.39 is 24.1 Å². The number of aliphatic hydroxyl groups is 1. The number of carbonyl (C=O) groups excluding carboxylic acids is 1. The van der Waals surface area contributed by atoms with Gasteiger partial charge < -0.3 is 20.4 Å². The maximum atomic E-state index is 12.1. The quantitative estimate of drug-likeness (QED) is 0.791. The van der Waals surface area contributed by atoms with Gasteiger partial charge in [-0.2, -0.15) is 0 Å². The van der Waals surface area contributed by atoms with Gasteiger partial charge in [-0.05, 0) is 18.9 Å². The standard InChI is InChI=1S/C14H17ClN2O4/c15-11-6-2-1-5-10(11)12(13(19)20)16-14(21)17-7-3-4-9(18)8-17/h1-2,5-6,9,12,18H,3-4,7-8H2,(H,16,21)(H,19,20)/t9?,12-/m1/s1. The van der Waals surface area contributed by atoms with E-state index in [1.807, 2.05) is 0 Å². The van der Waals surface area contributed by atoms with Crippen molar-refractivity contribution in [3.05, 3.63) is 34.9 Å². The van der Waals surface area contributed by atoms with Crippen LogP contribution in [0.25, 0.3) is 0 Å². The topological polar surface area (TPSA) is 89.9 Å². The molecule has 1 aliphatic rings. The number of carboxylic acids is 1. The van der Waals surface area contributed by atoms with E-state index in [2.05, 4.69) is 5.32 Å². The Kier molecular flexibility index (Phi) is 5.03. The summed E-state index contributed by atoms with van der Waals surface area (Å²) in [7, 11) is 0. The number of aliphatic carboxylic acids is 1. The Bertz CT molecular complexity index is 537. The fourth-order valence-corrected chi connectivity index (χ4v) is 2.58. The van der Waals surface area contributed by atoms with E-state index in [-0.39, 0.29) is 11.6 Å². The maximum Gasteiger partial charge on any atom is 0.331 e. The molecule has 1 unspecified atom stereocenters. The fraction of sp³-hybridized carbons (Fsp3) is 0.429. The number of amides is 2. The van der Waals surface area contributed by atoms with Crippen LogP contribution in [0.2, 0.25) is 5.02 Å². The summed E-state index contributed by atoms with van der Waals surface area (Å²) >= 11 is 5.99. The summed E-state index contributed by atoms with van der Waals surface area (Å²) in [5, 5.41) is 21.6. The lowest BCUT2D eigenvalue weighted by Gasteiger charge is -2.31. The predicted octanol–water partition coefficient (Wildman–Crippen LogP) is 1.63. The number of nitrogens with one attached hydrogen (secondary N) is 1. The molecule has 7 heteroatoms. The van der Waals surface area contributed by atoms with Crippen LogP contribution >= 0.6 is 11.6 Å². The summed E-state index contributed by atoms with van der Waals surface area (Å²) in [4.78, 5) is 25.0. The first-order valence-corrected chi connectivity index (χ1v) is 7.07. The third-order valence-electron chi connectivity index (χ3n) is 3.41. The number of nitrogens with zero attached hydrogens (tertiary/aromatic N) is 1. The first-order valence-electron chi connectivity index (χ1n) is 6.69. The molecule has 114 valence electrons. The van der Waals surface area contributed by atoms with Crippen molar-refractivity contribution in [1.29, 1.82) is 0 Å². The molecule has 1 aliphatic heterocycles. The van der Waals surface area contributed by atoms with Gasteiger partial charge in [0.1, 0.15) is 0 Å². The summed E-state index contributed by atoms with van der Waals surface area (Å²) in [6, 6.07) is 4.75. The number of β-amino-alcohol motifs (C(OH)–C–C–N with tert-alkyl or cyclic N) is 1. The second-order valence-electron chi connectivity index (χ2n) is 4.98. The van der Waals surface area contributed by atoms with E-state index in [1.54, 1.807) is 24.3 Å². The predicted molar refractivity (Wildman–Crippen MR) is 77.2 cm³/mol. The summed E-state index contributed by atoms with van der Waals surface area (Å²) < 4.78 is 0. The molecule has 2 rings (SSSR count). The second-order valence-corrected chi connectivity index (χ2v) is 5.39. The van der Waals surface area contributed by atoms with Gasteiger partial charge in [-0.1, -0.05) is 29.8 Å². The largest absolute Gasteiger partial charge is 0.479 e. The van der Waals surface area contributed by atoms with Crippen molar-refractivity contribution in [2.45, 2.75) is 25.0 Å². The van der Waals surface area contributed by atoms with Gasteiger partial charge in [-0.3, -0.25) is 0 Å². The average molecular weight is 313 g/mol. The highest BCUT2D eigenvalue weighted by atomic mass is 35.5. The molecule has 0 saturated carbocycles. The maximum absolute atomic E-state index is 12.1. The number of rotatable bonds is 3. The summed E-state index contributed by atoms with van der Waals surface area (Å²) in [5.41, 5.74) is 0.331. The Balaban J connectivity index is 2.12. The van der Waals surface area contributed by atoms with Crippen molar-refractivity contribution in [1.82, 2.24) is 10.2 Å². The number of aliphatic hydroxyl groups excluding tert-OH is 1. The third kappa shape index (κ3) is 3.86. The number of urea groups is 1.